The van der Waals surface area contributed by atoms with Crippen molar-refractivity contribution >= 4 is 39.7 Å². The molecule has 1 aromatic heterocycles. The normalized spacial score (nSPS) is 10.5. The minimum Gasteiger partial charge on any atom is -0.375 e. The highest BCUT2D eigenvalue weighted by molar-refractivity contribution is 7.17. The predicted molar refractivity (Wildman–Crippen MR) is 100.0 cm³/mol. The molecule has 0 unspecified atom stereocenters. The van der Waals surface area contributed by atoms with Crippen LogP contribution in [0.25, 0.3) is 0 Å². The summed E-state index contributed by atoms with van der Waals surface area (Å²) in [6.45, 7) is 1.58. The molecular weight excluding hydrogens is 374 g/mol. The summed E-state index contributed by atoms with van der Waals surface area (Å²) < 4.78 is 27.9. The van der Waals surface area contributed by atoms with Crippen LogP contribution in [0.3, 0.4) is 0 Å². The van der Waals surface area contributed by atoms with Crippen molar-refractivity contribution in [3.8, 4) is 0 Å². The fourth-order valence-electron chi connectivity index (χ4n) is 2.31. The maximum absolute atomic E-state index is 14.3. The number of nitrogen functional groups attached to an aromatic ring is 1. The molecule has 0 spiro atoms. The number of hydrogen-bond donors (Lipinski definition) is 3. The van der Waals surface area contributed by atoms with Gasteiger partial charge in [-0.05, 0) is 36.8 Å². The van der Waals surface area contributed by atoms with Gasteiger partial charge in [-0.15, -0.1) is 0 Å². The van der Waals surface area contributed by atoms with Crippen molar-refractivity contribution in [2.24, 2.45) is 0 Å². The summed E-state index contributed by atoms with van der Waals surface area (Å²) >= 11 is 0.998. The molecule has 0 aliphatic carbocycles. The summed E-state index contributed by atoms with van der Waals surface area (Å²) in [7, 11) is 0. The molecular formula is C18H14F2N4O2S. The number of nitrogens with two attached hydrogens (primary N) is 1. The van der Waals surface area contributed by atoms with E-state index in [0.29, 0.717) is 5.56 Å². The lowest BCUT2D eigenvalue weighted by Crippen LogP contribution is -2.17. The fraction of sp³-hybridized carbons (Fsp3) is 0.0556. The van der Waals surface area contributed by atoms with Crippen LogP contribution in [0, 0.1) is 18.6 Å². The molecule has 0 aliphatic heterocycles. The number of aromatic nitrogens is 1. The van der Waals surface area contributed by atoms with Crippen molar-refractivity contribution in [2.45, 2.75) is 6.92 Å². The second-order valence-corrected chi connectivity index (χ2v) is 6.66. The molecule has 3 rings (SSSR count). The Hall–Kier alpha value is -3.33. The van der Waals surface area contributed by atoms with Gasteiger partial charge in [-0.1, -0.05) is 23.5 Å². The van der Waals surface area contributed by atoms with Gasteiger partial charge in [-0.25, -0.2) is 13.8 Å². The topological polar surface area (TPSA) is 97.1 Å². The minimum atomic E-state index is -0.838. The van der Waals surface area contributed by atoms with Gasteiger partial charge in [0.25, 0.3) is 11.8 Å². The van der Waals surface area contributed by atoms with E-state index >= 15 is 0 Å². The zero-order valence-electron chi connectivity index (χ0n) is 14.0. The Balaban J connectivity index is 1.86. The molecule has 0 radical (unpaired) electrons. The molecule has 0 saturated heterocycles. The number of benzene rings is 2. The van der Waals surface area contributed by atoms with Gasteiger partial charge in [-0.3, -0.25) is 9.59 Å². The highest BCUT2D eigenvalue weighted by Crippen LogP contribution is 2.24. The molecule has 27 heavy (non-hydrogen) atoms. The maximum Gasteiger partial charge on any atom is 0.267 e. The van der Waals surface area contributed by atoms with Crippen molar-refractivity contribution in [3.05, 3.63) is 70.2 Å². The van der Waals surface area contributed by atoms with Crippen molar-refractivity contribution in [1.82, 2.24) is 4.98 Å². The van der Waals surface area contributed by atoms with Gasteiger partial charge in [0.15, 0.2) is 5.13 Å². The lowest BCUT2D eigenvalue weighted by Gasteiger charge is -2.12. The highest BCUT2D eigenvalue weighted by Gasteiger charge is 2.18. The van der Waals surface area contributed by atoms with E-state index < -0.39 is 23.4 Å². The smallest absolute Gasteiger partial charge is 0.267 e. The first kappa shape index (κ1) is 18.5. The average Bonchev–Trinajstić information content (AvgIpc) is 3.05. The zero-order valence-corrected chi connectivity index (χ0v) is 14.9. The third kappa shape index (κ3) is 4.09. The number of anilines is 3. The Morgan fingerprint density at radius 2 is 1.74 bits per heavy atom. The number of halogens is 2. The lowest BCUT2D eigenvalue weighted by molar-refractivity contribution is 0.101. The van der Waals surface area contributed by atoms with Gasteiger partial charge in [-0.2, -0.15) is 0 Å². The Morgan fingerprint density at radius 3 is 2.41 bits per heavy atom. The second kappa shape index (κ2) is 7.50. The van der Waals surface area contributed by atoms with E-state index in [1.807, 2.05) is 0 Å². The monoisotopic (exact) mass is 388 g/mol. The molecule has 6 nitrogen and oxygen atoms in total. The number of rotatable bonds is 4. The Bertz CT molecular complexity index is 1040. The van der Waals surface area contributed by atoms with Crippen LogP contribution >= 0.6 is 11.3 Å². The molecule has 138 valence electrons. The van der Waals surface area contributed by atoms with Crippen molar-refractivity contribution < 1.29 is 18.4 Å². The fourth-order valence-corrected chi connectivity index (χ4v) is 2.89. The summed E-state index contributed by atoms with van der Waals surface area (Å²) in [5, 5.41) is 5.14. The highest BCUT2D eigenvalue weighted by atomic mass is 32.1. The van der Waals surface area contributed by atoms with Gasteiger partial charge in [0.2, 0.25) is 0 Å². The molecule has 1 heterocycles. The first-order valence-corrected chi connectivity index (χ1v) is 8.55. The van der Waals surface area contributed by atoms with E-state index in [2.05, 4.69) is 15.6 Å². The standard InChI is InChI=1S/C18H14F2N4O2S/c1-9-6-12(20)10(16(25)23-13-5-3-2-4-11(13)19)7-14(9)24-17(26)15-8-22-18(21)27-15/h2-8H,1H3,(H2,21,22)(H,23,25)(H,24,26). The molecule has 2 amide bonds. The van der Waals surface area contributed by atoms with Crippen LogP contribution in [0.15, 0.2) is 42.6 Å². The zero-order chi connectivity index (χ0) is 19.6. The van der Waals surface area contributed by atoms with Crippen LogP contribution in [-0.2, 0) is 0 Å². The number of nitrogens with zero attached hydrogens (tertiary/aromatic N) is 1. The van der Waals surface area contributed by atoms with Crippen LogP contribution in [0.4, 0.5) is 25.3 Å². The Labute approximate surface area is 157 Å². The molecule has 3 aromatic rings. The van der Waals surface area contributed by atoms with E-state index in [0.717, 1.165) is 17.4 Å². The van der Waals surface area contributed by atoms with E-state index in [1.54, 1.807) is 6.92 Å². The molecule has 9 heteroatoms. The van der Waals surface area contributed by atoms with E-state index in [1.165, 1.54) is 36.5 Å². The molecule has 0 fully saturated rings. The number of amides is 2. The van der Waals surface area contributed by atoms with E-state index in [9.17, 15) is 18.4 Å². The van der Waals surface area contributed by atoms with Crippen LogP contribution in [-0.4, -0.2) is 16.8 Å². The van der Waals surface area contributed by atoms with Crippen LogP contribution in [0.1, 0.15) is 25.6 Å². The van der Waals surface area contributed by atoms with Gasteiger partial charge in [0.1, 0.15) is 16.5 Å². The van der Waals surface area contributed by atoms with Crippen molar-refractivity contribution in [2.75, 3.05) is 16.4 Å². The van der Waals surface area contributed by atoms with E-state index in [-0.39, 0.29) is 26.9 Å². The quantitative estimate of drug-likeness (QED) is 0.633. The first-order chi connectivity index (χ1) is 12.8. The number of carbonyl (C=O) groups is 2. The number of carbonyl (C=O) groups excluding carboxylic acids is 2. The molecule has 0 bridgehead atoms. The van der Waals surface area contributed by atoms with Crippen LogP contribution in [0.2, 0.25) is 0 Å². The molecule has 4 N–H and O–H groups in total. The van der Waals surface area contributed by atoms with Gasteiger partial charge in [0, 0.05) is 5.69 Å². The average molecular weight is 388 g/mol. The first-order valence-electron chi connectivity index (χ1n) is 7.74. The number of hydrogen-bond acceptors (Lipinski definition) is 5. The number of thiazole rings is 1. The van der Waals surface area contributed by atoms with Gasteiger partial charge >= 0.3 is 0 Å². The Kier molecular flexibility index (Phi) is 5.13. The van der Waals surface area contributed by atoms with E-state index in [4.69, 9.17) is 5.73 Å². The number of nitrogens with one attached hydrogen (secondary N) is 2. The van der Waals surface area contributed by atoms with Crippen LogP contribution < -0.4 is 16.4 Å². The summed E-state index contributed by atoms with van der Waals surface area (Å²) in [6, 6.07) is 7.85. The largest absolute Gasteiger partial charge is 0.375 e. The maximum atomic E-state index is 14.3. The lowest BCUT2D eigenvalue weighted by atomic mass is 10.1. The molecule has 0 atom stereocenters. The predicted octanol–water partition coefficient (Wildman–Crippen LogP) is 3.82. The SMILES string of the molecule is Cc1cc(F)c(C(=O)Nc2ccccc2F)cc1NC(=O)c1cnc(N)s1. The minimum absolute atomic E-state index is 0.0757. The second-order valence-electron chi connectivity index (χ2n) is 5.60. The third-order valence-corrected chi connectivity index (χ3v) is 4.50. The van der Waals surface area contributed by atoms with Gasteiger partial charge in [0.05, 0.1) is 17.4 Å². The van der Waals surface area contributed by atoms with Crippen molar-refractivity contribution in [1.29, 1.82) is 0 Å². The molecule has 2 aromatic carbocycles. The molecule has 0 saturated carbocycles. The summed E-state index contributed by atoms with van der Waals surface area (Å²) in [4.78, 5) is 28.7. The van der Waals surface area contributed by atoms with Crippen molar-refractivity contribution in [3.63, 3.8) is 0 Å². The summed E-state index contributed by atoms with van der Waals surface area (Å²) in [5.74, 6) is -2.76. The Morgan fingerprint density at radius 1 is 1.04 bits per heavy atom. The number of para-hydroxylation sites is 1. The molecule has 0 aliphatic rings. The van der Waals surface area contributed by atoms with Crippen LogP contribution in [0.5, 0.6) is 0 Å². The van der Waals surface area contributed by atoms with Gasteiger partial charge < -0.3 is 16.4 Å². The summed E-state index contributed by atoms with van der Waals surface area (Å²) in [6.07, 6.45) is 1.32. The third-order valence-electron chi connectivity index (χ3n) is 3.68. The number of aryl methyl sites for hydroxylation is 1. The summed E-state index contributed by atoms with van der Waals surface area (Å²) in [5.41, 5.74) is 5.76.